The van der Waals surface area contributed by atoms with Crippen molar-refractivity contribution >= 4 is 5.91 Å². The van der Waals surface area contributed by atoms with Crippen LogP contribution in [0.15, 0.2) is 0 Å². The molecule has 0 aliphatic rings. The van der Waals surface area contributed by atoms with Crippen LogP contribution in [0.2, 0.25) is 0 Å². The number of amides is 1. The Balaban J connectivity index is 3.63. The molecule has 0 radical (unpaired) electrons. The normalized spacial score (nSPS) is 11.2. The van der Waals surface area contributed by atoms with E-state index < -0.39 is 0 Å². The summed E-state index contributed by atoms with van der Waals surface area (Å²) in [6, 6.07) is 0. The van der Waals surface area contributed by atoms with E-state index in [1.807, 2.05) is 0 Å². The molecule has 0 atom stereocenters. The van der Waals surface area contributed by atoms with Crippen molar-refractivity contribution in [2.45, 2.75) is 39.2 Å². The van der Waals surface area contributed by atoms with Crippen LogP contribution in [0.1, 0.15) is 33.6 Å². The molecule has 86 valence electrons. The van der Waals surface area contributed by atoms with Gasteiger partial charge in [-0.25, -0.2) is 0 Å². The summed E-state index contributed by atoms with van der Waals surface area (Å²) in [4.78, 5) is 13.4. The second-order valence-corrected chi connectivity index (χ2v) is 4.68. The molecule has 0 fully saturated rings. The lowest BCUT2D eigenvalue weighted by Gasteiger charge is -2.31. The average molecular weight is 210 g/mol. The topological polar surface area (TPSA) is 32.3 Å². The summed E-state index contributed by atoms with van der Waals surface area (Å²) >= 11 is 0. The van der Waals surface area contributed by atoms with Gasteiger partial charge in [-0.2, -0.15) is 0 Å². The lowest BCUT2D eigenvalue weighted by atomic mass is 10.1. The zero-order valence-corrected chi connectivity index (χ0v) is 10.3. The van der Waals surface area contributed by atoms with Gasteiger partial charge in [0.15, 0.2) is 0 Å². The molecule has 1 N–H and O–H groups in total. The number of nitrogens with zero attached hydrogens (tertiary/aromatic N) is 1. The summed E-state index contributed by atoms with van der Waals surface area (Å²) in [5.41, 5.74) is 0.162. The summed E-state index contributed by atoms with van der Waals surface area (Å²) in [5, 5.41) is 2.65. The van der Waals surface area contributed by atoms with Gasteiger partial charge in [-0.15, -0.1) is 6.42 Å². The summed E-state index contributed by atoms with van der Waals surface area (Å²) in [7, 11) is 2.07. The van der Waals surface area contributed by atoms with Gasteiger partial charge in [0.2, 0.25) is 5.91 Å². The highest BCUT2D eigenvalue weighted by Gasteiger charge is 2.16. The van der Waals surface area contributed by atoms with Crippen molar-refractivity contribution in [3.05, 3.63) is 0 Å². The molecule has 0 rings (SSSR count). The minimum absolute atomic E-state index is 0.0373. The molecular formula is C12H22N2O. The van der Waals surface area contributed by atoms with Crippen LogP contribution in [-0.2, 0) is 4.79 Å². The molecule has 1 amide bonds. The third kappa shape index (κ3) is 6.98. The second kappa shape index (κ2) is 6.47. The molecule has 0 unspecified atom stereocenters. The Hall–Kier alpha value is -1.01. The van der Waals surface area contributed by atoms with Gasteiger partial charge in [-0.1, -0.05) is 5.92 Å². The number of terminal acetylenes is 1. The highest BCUT2D eigenvalue weighted by atomic mass is 16.1. The van der Waals surface area contributed by atoms with E-state index in [4.69, 9.17) is 6.42 Å². The zero-order valence-electron chi connectivity index (χ0n) is 10.3. The molecule has 15 heavy (non-hydrogen) atoms. The number of carbonyl (C=O) groups is 1. The van der Waals surface area contributed by atoms with E-state index in [1.54, 1.807) is 0 Å². The quantitative estimate of drug-likeness (QED) is 0.693. The van der Waals surface area contributed by atoms with E-state index in [2.05, 4.69) is 44.0 Å². The fraction of sp³-hybridized carbons (Fsp3) is 0.750. The van der Waals surface area contributed by atoms with Gasteiger partial charge < -0.3 is 10.2 Å². The third-order valence-electron chi connectivity index (χ3n) is 2.43. The first-order valence-corrected chi connectivity index (χ1v) is 5.29. The number of rotatable bonds is 5. The first-order chi connectivity index (χ1) is 6.88. The molecule has 0 aliphatic carbocycles. The van der Waals surface area contributed by atoms with Crippen LogP contribution in [0.3, 0.4) is 0 Å². The van der Waals surface area contributed by atoms with Crippen molar-refractivity contribution in [3.8, 4) is 12.3 Å². The number of carbonyl (C=O) groups excluding carboxylic acids is 1. The van der Waals surface area contributed by atoms with E-state index in [9.17, 15) is 4.79 Å². The van der Waals surface area contributed by atoms with Crippen LogP contribution in [0, 0.1) is 12.3 Å². The standard InChI is InChI=1S/C12H22N2O/c1-6-9-13-11(15)8-7-10-14(5)12(2,3)4/h1H,7-10H2,2-5H3,(H,13,15). The Morgan fingerprint density at radius 1 is 1.47 bits per heavy atom. The van der Waals surface area contributed by atoms with Crippen molar-refractivity contribution in [3.63, 3.8) is 0 Å². The van der Waals surface area contributed by atoms with Crippen LogP contribution in [0.4, 0.5) is 0 Å². The number of hydrogen-bond donors (Lipinski definition) is 1. The fourth-order valence-electron chi connectivity index (χ4n) is 1.05. The zero-order chi connectivity index (χ0) is 11.9. The third-order valence-corrected chi connectivity index (χ3v) is 2.43. The monoisotopic (exact) mass is 210 g/mol. The first-order valence-electron chi connectivity index (χ1n) is 5.29. The van der Waals surface area contributed by atoms with Crippen LogP contribution < -0.4 is 5.32 Å². The molecule has 0 aromatic rings. The molecule has 0 aliphatic heterocycles. The first kappa shape index (κ1) is 14.0. The van der Waals surface area contributed by atoms with Crippen LogP contribution in [-0.4, -0.2) is 36.5 Å². The Kier molecular flexibility index (Phi) is 6.03. The Morgan fingerprint density at radius 3 is 2.53 bits per heavy atom. The Bertz CT molecular complexity index is 235. The summed E-state index contributed by atoms with van der Waals surface area (Å²) in [6.45, 7) is 7.73. The van der Waals surface area contributed by atoms with Gasteiger partial charge >= 0.3 is 0 Å². The van der Waals surface area contributed by atoms with E-state index in [-0.39, 0.29) is 11.4 Å². The van der Waals surface area contributed by atoms with Crippen molar-refractivity contribution in [2.24, 2.45) is 0 Å². The molecular weight excluding hydrogens is 188 g/mol. The van der Waals surface area contributed by atoms with Crippen molar-refractivity contribution in [1.29, 1.82) is 0 Å². The summed E-state index contributed by atoms with van der Waals surface area (Å²) < 4.78 is 0. The largest absolute Gasteiger partial charge is 0.345 e. The minimum atomic E-state index is 0.0373. The van der Waals surface area contributed by atoms with Gasteiger partial charge in [0.05, 0.1) is 6.54 Å². The predicted molar refractivity (Wildman–Crippen MR) is 63.5 cm³/mol. The molecule has 0 heterocycles. The number of hydrogen-bond acceptors (Lipinski definition) is 2. The van der Waals surface area contributed by atoms with Crippen LogP contribution in [0.25, 0.3) is 0 Å². The lowest BCUT2D eigenvalue weighted by molar-refractivity contribution is -0.121. The van der Waals surface area contributed by atoms with E-state index in [1.165, 1.54) is 0 Å². The van der Waals surface area contributed by atoms with E-state index in [0.29, 0.717) is 13.0 Å². The Morgan fingerprint density at radius 2 is 2.07 bits per heavy atom. The SMILES string of the molecule is C#CCNC(=O)CCCN(C)C(C)(C)C. The summed E-state index contributed by atoms with van der Waals surface area (Å²) in [6.07, 6.45) is 6.45. The molecule has 3 nitrogen and oxygen atoms in total. The fourth-order valence-corrected chi connectivity index (χ4v) is 1.05. The smallest absolute Gasteiger partial charge is 0.220 e. The molecule has 0 aromatic carbocycles. The second-order valence-electron chi connectivity index (χ2n) is 4.68. The van der Waals surface area contributed by atoms with Gasteiger partial charge in [0, 0.05) is 12.0 Å². The molecule has 3 heteroatoms. The number of nitrogens with one attached hydrogen (secondary N) is 1. The summed E-state index contributed by atoms with van der Waals surface area (Å²) in [5.74, 6) is 2.42. The van der Waals surface area contributed by atoms with Crippen LogP contribution >= 0.6 is 0 Å². The van der Waals surface area contributed by atoms with E-state index >= 15 is 0 Å². The molecule has 0 spiro atoms. The molecule has 0 saturated heterocycles. The molecule has 0 aromatic heterocycles. The van der Waals surface area contributed by atoms with Gasteiger partial charge in [-0.05, 0) is 40.8 Å². The molecule has 0 saturated carbocycles. The molecule has 0 bridgehead atoms. The van der Waals surface area contributed by atoms with Gasteiger partial charge in [0.25, 0.3) is 0 Å². The lowest BCUT2D eigenvalue weighted by Crippen LogP contribution is -2.39. The highest BCUT2D eigenvalue weighted by molar-refractivity contribution is 5.76. The van der Waals surface area contributed by atoms with Crippen molar-refractivity contribution < 1.29 is 4.79 Å². The maximum Gasteiger partial charge on any atom is 0.220 e. The Labute approximate surface area is 93.2 Å². The average Bonchev–Trinajstić information content (AvgIpc) is 2.13. The van der Waals surface area contributed by atoms with E-state index in [0.717, 1.165) is 13.0 Å². The highest BCUT2D eigenvalue weighted by Crippen LogP contribution is 2.10. The maximum absolute atomic E-state index is 11.2. The minimum Gasteiger partial charge on any atom is -0.345 e. The predicted octanol–water partition coefficient (Wildman–Crippen LogP) is 1.25. The van der Waals surface area contributed by atoms with Gasteiger partial charge in [0.1, 0.15) is 0 Å². The van der Waals surface area contributed by atoms with Gasteiger partial charge in [-0.3, -0.25) is 4.79 Å². The maximum atomic E-state index is 11.2. The van der Waals surface area contributed by atoms with Crippen LogP contribution in [0.5, 0.6) is 0 Å². The van der Waals surface area contributed by atoms with Crippen molar-refractivity contribution in [2.75, 3.05) is 20.1 Å². The van der Waals surface area contributed by atoms with Crippen molar-refractivity contribution in [1.82, 2.24) is 10.2 Å².